The minimum atomic E-state index is 0.985. The Morgan fingerprint density at radius 2 is 0.750 bits per heavy atom. The second-order valence-corrected chi connectivity index (χ2v) is 12.1. The van der Waals surface area contributed by atoms with Gasteiger partial charge in [-0.1, -0.05) is 135 Å². The van der Waals surface area contributed by atoms with Gasteiger partial charge in [-0.05, 0) is 115 Å². The van der Waals surface area contributed by atoms with Crippen LogP contribution in [-0.2, 0) is 12.8 Å². The molecule has 44 heavy (non-hydrogen) atoms. The lowest BCUT2D eigenvalue weighted by molar-refractivity contribution is 0.861. The zero-order valence-electron chi connectivity index (χ0n) is 25.5. The van der Waals surface area contributed by atoms with E-state index in [9.17, 15) is 0 Å². The van der Waals surface area contributed by atoms with Crippen LogP contribution in [0.25, 0.3) is 44.8 Å². The molecule has 8 rings (SSSR count). The fourth-order valence-corrected chi connectivity index (χ4v) is 7.65. The molecule has 0 heteroatoms. The topological polar surface area (TPSA) is 0 Å². The van der Waals surface area contributed by atoms with E-state index in [4.69, 9.17) is 0 Å². The number of hydrogen-bond acceptors (Lipinski definition) is 0. The van der Waals surface area contributed by atoms with Crippen LogP contribution in [0.5, 0.6) is 0 Å². The van der Waals surface area contributed by atoms with Crippen LogP contribution >= 0.6 is 0 Å². The summed E-state index contributed by atoms with van der Waals surface area (Å²) in [6.07, 6.45) is 8.91. The third-order valence-electron chi connectivity index (χ3n) is 9.82. The second kappa shape index (κ2) is 11.1. The van der Waals surface area contributed by atoms with Crippen LogP contribution in [0.4, 0.5) is 0 Å². The van der Waals surface area contributed by atoms with Gasteiger partial charge in [0.1, 0.15) is 0 Å². The summed E-state index contributed by atoms with van der Waals surface area (Å²) < 4.78 is 0. The minimum absolute atomic E-state index is 0.985. The third kappa shape index (κ3) is 4.36. The standard InChI is InChI=1S/C44H36/c1-3-29-21-23-41(37-19-11-9-15-33(29)37)43-27-31-13-5-7-17-35(31)39(43)25-26-40-36-18-8-6-14-32(36)28-44(40)42-24-22-30(4-2)34-16-10-12-20-38(34)42/h5-24,27-28H,3-4,25-26H2,1-2H3. The molecule has 0 aliphatic heterocycles. The summed E-state index contributed by atoms with van der Waals surface area (Å²) in [5, 5.41) is 5.45. The SMILES string of the molecule is CCc1ccc(C2=Cc3ccccc3[C]2CC[C]2C(c3ccc(CC)c4ccccc34)=Cc3ccccc32)c2ccccc12. The molecule has 0 heterocycles. The average molecular weight is 565 g/mol. The molecule has 0 spiro atoms. The van der Waals surface area contributed by atoms with Gasteiger partial charge in [-0.3, -0.25) is 0 Å². The Labute approximate surface area is 261 Å². The van der Waals surface area contributed by atoms with Crippen molar-refractivity contribution in [2.45, 2.75) is 39.5 Å². The lowest BCUT2D eigenvalue weighted by Gasteiger charge is -2.23. The molecule has 212 valence electrons. The molecular weight excluding hydrogens is 528 g/mol. The number of rotatable bonds is 7. The highest BCUT2D eigenvalue weighted by Gasteiger charge is 2.32. The lowest BCUT2D eigenvalue weighted by Crippen LogP contribution is -2.07. The Bertz CT molecular complexity index is 1950. The molecule has 0 atom stereocenters. The van der Waals surface area contributed by atoms with Crippen LogP contribution in [0.3, 0.4) is 0 Å². The van der Waals surface area contributed by atoms with E-state index in [-0.39, 0.29) is 0 Å². The Hall–Kier alpha value is -4.68. The molecule has 6 aromatic carbocycles. The van der Waals surface area contributed by atoms with Crippen molar-refractivity contribution in [2.75, 3.05) is 0 Å². The predicted molar refractivity (Wildman–Crippen MR) is 189 cm³/mol. The summed E-state index contributed by atoms with van der Waals surface area (Å²) in [4.78, 5) is 0. The minimum Gasteiger partial charge on any atom is -0.0619 e. The maximum absolute atomic E-state index is 2.43. The van der Waals surface area contributed by atoms with Crippen molar-refractivity contribution in [2.24, 2.45) is 0 Å². The van der Waals surface area contributed by atoms with Gasteiger partial charge in [0.2, 0.25) is 0 Å². The molecule has 0 bridgehead atoms. The van der Waals surface area contributed by atoms with E-state index in [2.05, 4.69) is 147 Å². The molecule has 0 unspecified atom stereocenters. The van der Waals surface area contributed by atoms with Gasteiger partial charge in [0, 0.05) is 11.8 Å². The number of allylic oxidation sites excluding steroid dienone is 2. The molecule has 2 aliphatic rings. The van der Waals surface area contributed by atoms with Crippen LogP contribution in [0.15, 0.2) is 121 Å². The van der Waals surface area contributed by atoms with E-state index >= 15 is 0 Å². The van der Waals surface area contributed by atoms with Gasteiger partial charge >= 0.3 is 0 Å². The van der Waals surface area contributed by atoms with Crippen molar-refractivity contribution in [3.8, 4) is 0 Å². The van der Waals surface area contributed by atoms with Gasteiger partial charge in [0.15, 0.2) is 0 Å². The molecule has 2 radical (unpaired) electrons. The van der Waals surface area contributed by atoms with E-state index in [0.717, 1.165) is 25.7 Å². The maximum atomic E-state index is 2.43. The first-order chi connectivity index (χ1) is 21.7. The molecule has 0 saturated carbocycles. The number of fused-ring (bicyclic) bond motifs is 4. The predicted octanol–water partition coefficient (Wildman–Crippen LogP) is 11.6. The van der Waals surface area contributed by atoms with Gasteiger partial charge in [0.25, 0.3) is 0 Å². The molecule has 0 fully saturated rings. The summed E-state index contributed by atoms with van der Waals surface area (Å²) in [6.45, 7) is 4.51. The van der Waals surface area contributed by atoms with Crippen LogP contribution in [0.1, 0.15) is 71.2 Å². The highest BCUT2D eigenvalue weighted by Crippen LogP contribution is 2.50. The van der Waals surface area contributed by atoms with Crippen molar-refractivity contribution in [3.05, 3.63) is 178 Å². The Balaban J connectivity index is 1.20. The molecule has 0 saturated heterocycles. The fourth-order valence-electron chi connectivity index (χ4n) is 7.65. The van der Waals surface area contributed by atoms with Crippen molar-refractivity contribution >= 4 is 44.8 Å². The summed E-state index contributed by atoms with van der Waals surface area (Å²) in [5.41, 5.74) is 13.7. The van der Waals surface area contributed by atoms with Crippen molar-refractivity contribution < 1.29 is 0 Å². The molecule has 0 aromatic heterocycles. The Morgan fingerprint density at radius 3 is 1.18 bits per heavy atom. The van der Waals surface area contributed by atoms with Crippen LogP contribution in [0, 0.1) is 11.8 Å². The Kier molecular flexibility index (Phi) is 6.79. The van der Waals surface area contributed by atoms with E-state index in [1.807, 2.05) is 0 Å². The number of aryl methyl sites for hydroxylation is 2. The van der Waals surface area contributed by atoms with Crippen LogP contribution in [0.2, 0.25) is 0 Å². The average Bonchev–Trinajstić information content (AvgIpc) is 3.64. The van der Waals surface area contributed by atoms with Gasteiger partial charge in [-0.15, -0.1) is 0 Å². The first kappa shape index (κ1) is 26.9. The smallest absolute Gasteiger partial charge is 0.0353 e. The first-order valence-electron chi connectivity index (χ1n) is 16.1. The normalized spacial score (nSPS) is 14.6. The number of hydrogen-bond donors (Lipinski definition) is 0. The monoisotopic (exact) mass is 564 g/mol. The summed E-state index contributed by atoms with van der Waals surface area (Å²) in [6, 6.07) is 45.2. The van der Waals surface area contributed by atoms with Gasteiger partial charge in [-0.25, -0.2) is 0 Å². The van der Waals surface area contributed by atoms with E-state index in [0.29, 0.717) is 0 Å². The van der Waals surface area contributed by atoms with Gasteiger partial charge in [0.05, 0.1) is 0 Å². The molecule has 0 nitrogen and oxygen atoms in total. The highest BCUT2D eigenvalue weighted by atomic mass is 14.4. The molecule has 2 aliphatic carbocycles. The summed E-state index contributed by atoms with van der Waals surface area (Å²) in [7, 11) is 0. The molecule has 0 N–H and O–H groups in total. The van der Waals surface area contributed by atoms with Crippen molar-refractivity contribution in [1.29, 1.82) is 0 Å². The summed E-state index contributed by atoms with van der Waals surface area (Å²) in [5.74, 6) is 2.91. The Morgan fingerprint density at radius 1 is 0.364 bits per heavy atom. The second-order valence-electron chi connectivity index (χ2n) is 12.1. The van der Waals surface area contributed by atoms with E-state index in [1.54, 1.807) is 0 Å². The van der Waals surface area contributed by atoms with Gasteiger partial charge < -0.3 is 0 Å². The lowest BCUT2D eigenvalue weighted by atomic mass is 9.79. The van der Waals surface area contributed by atoms with Crippen LogP contribution < -0.4 is 0 Å². The quantitative estimate of drug-likeness (QED) is 0.181. The zero-order valence-corrected chi connectivity index (χ0v) is 25.5. The zero-order chi connectivity index (χ0) is 29.6. The first-order valence-corrected chi connectivity index (χ1v) is 16.1. The van der Waals surface area contributed by atoms with E-state index < -0.39 is 0 Å². The molecule has 6 aromatic rings. The maximum Gasteiger partial charge on any atom is 0.0353 e. The fraction of sp³-hybridized carbons (Fsp3) is 0.136. The summed E-state index contributed by atoms with van der Waals surface area (Å²) >= 11 is 0. The molecular formula is C44H36. The highest BCUT2D eigenvalue weighted by molar-refractivity contribution is 6.08. The largest absolute Gasteiger partial charge is 0.0619 e. The number of benzene rings is 6. The van der Waals surface area contributed by atoms with Crippen molar-refractivity contribution in [1.82, 2.24) is 0 Å². The van der Waals surface area contributed by atoms with E-state index in [1.165, 1.54) is 89.0 Å². The van der Waals surface area contributed by atoms with Crippen LogP contribution in [-0.4, -0.2) is 0 Å². The third-order valence-corrected chi connectivity index (χ3v) is 9.82. The molecule has 0 amide bonds. The van der Waals surface area contributed by atoms with Crippen molar-refractivity contribution in [3.63, 3.8) is 0 Å². The van der Waals surface area contributed by atoms with Gasteiger partial charge in [-0.2, -0.15) is 0 Å².